The molecule has 2 rings (SSSR count). The summed E-state index contributed by atoms with van der Waals surface area (Å²) in [4.78, 5) is 32.9. The second-order valence-electron chi connectivity index (χ2n) is 7.08. The molecule has 0 radical (unpaired) electrons. The maximum atomic E-state index is 11.5. The lowest BCUT2D eigenvalue weighted by Gasteiger charge is -2.27. The molecule has 174 valence electrons. The number of carbonyl (C=O) groups is 3. The molecule has 1 aliphatic heterocycles. The van der Waals surface area contributed by atoms with E-state index in [4.69, 9.17) is 19.3 Å². The molecule has 0 bridgehead atoms. The summed E-state index contributed by atoms with van der Waals surface area (Å²) in [6.07, 6.45) is 7.46. The predicted octanol–water partition coefficient (Wildman–Crippen LogP) is 2.81. The Bertz CT molecular complexity index is 501. The van der Waals surface area contributed by atoms with E-state index in [1.165, 1.54) is 14.0 Å². The fourth-order valence-electron chi connectivity index (χ4n) is 3.59. The number of hydrogen-bond donors (Lipinski definition) is 1. The van der Waals surface area contributed by atoms with Crippen LogP contribution in [0.25, 0.3) is 0 Å². The van der Waals surface area contributed by atoms with Gasteiger partial charge >= 0.3 is 11.9 Å². The average molecular weight is 431 g/mol. The van der Waals surface area contributed by atoms with Crippen molar-refractivity contribution >= 4 is 18.2 Å². The fourth-order valence-corrected chi connectivity index (χ4v) is 3.59. The highest BCUT2D eigenvalue weighted by molar-refractivity contribution is 5.68. The van der Waals surface area contributed by atoms with Crippen molar-refractivity contribution in [1.29, 1.82) is 0 Å². The van der Waals surface area contributed by atoms with E-state index in [9.17, 15) is 14.4 Å². The summed E-state index contributed by atoms with van der Waals surface area (Å²) in [5.41, 5.74) is 0. The highest BCUT2D eigenvalue weighted by Gasteiger charge is 2.46. The van der Waals surface area contributed by atoms with Crippen LogP contribution in [-0.2, 0) is 33.3 Å². The van der Waals surface area contributed by atoms with E-state index in [2.05, 4.69) is 11.3 Å². The third kappa shape index (κ3) is 10.3. The minimum Gasteiger partial charge on any atom is -0.469 e. The van der Waals surface area contributed by atoms with E-state index in [0.717, 1.165) is 39.1 Å². The summed E-state index contributed by atoms with van der Waals surface area (Å²) >= 11 is 0. The van der Waals surface area contributed by atoms with Crippen molar-refractivity contribution in [2.75, 3.05) is 20.8 Å². The summed E-state index contributed by atoms with van der Waals surface area (Å²) in [7, 11) is 2.40. The van der Waals surface area contributed by atoms with Gasteiger partial charge in [-0.2, -0.15) is 0 Å². The molecule has 2 aliphatic rings. The molecule has 1 N–H and O–H groups in total. The Morgan fingerprint density at radius 1 is 1.23 bits per heavy atom. The highest BCUT2D eigenvalue weighted by atomic mass is 16.7. The SMILES string of the molecule is C=CC[C@@H]1[C@@H](C=O)[C@H](OC2CCCCO2)C[C@@H]1OC(C)=O.CCCC(=O)OC.CO. The molecular formula is C22H38O8. The number of aldehydes is 1. The van der Waals surface area contributed by atoms with Crippen LogP contribution in [0.1, 0.15) is 58.8 Å². The Balaban J connectivity index is 0.000000795. The van der Waals surface area contributed by atoms with Crippen molar-refractivity contribution in [2.24, 2.45) is 11.8 Å². The molecule has 1 saturated carbocycles. The van der Waals surface area contributed by atoms with Gasteiger partial charge in [0, 0.05) is 45.3 Å². The molecule has 1 saturated heterocycles. The van der Waals surface area contributed by atoms with Crippen LogP contribution in [0.5, 0.6) is 0 Å². The second-order valence-corrected chi connectivity index (χ2v) is 7.08. The Kier molecular flexibility index (Phi) is 16.0. The number of carbonyl (C=O) groups excluding carboxylic acids is 3. The number of hydrogen-bond acceptors (Lipinski definition) is 8. The number of allylic oxidation sites excluding steroid dienone is 1. The topological polar surface area (TPSA) is 108 Å². The van der Waals surface area contributed by atoms with Gasteiger partial charge in [-0.3, -0.25) is 9.59 Å². The van der Waals surface area contributed by atoms with Crippen LogP contribution in [0.3, 0.4) is 0 Å². The van der Waals surface area contributed by atoms with E-state index in [-0.39, 0.29) is 42.3 Å². The van der Waals surface area contributed by atoms with Crippen LogP contribution in [0.15, 0.2) is 12.7 Å². The number of aliphatic hydroxyl groups is 1. The van der Waals surface area contributed by atoms with Crippen LogP contribution >= 0.6 is 0 Å². The largest absolute Gasteiger partial charge is 0.469 e. The minimum absolute atomic E-state index is 0.0579. The van der Waals surface area contributed by atoms with Crippen LogP contribution < -0.4 is 0 Å². The second kappa shape index (κ2) is 17.0. The molecule has 0 aromatic heterocycles. The Hall–Kier alpha value is -1.77. The van der Waals surface area contributed by atoms with Gasteiger partial charge in [0.2, 0.25) is 0 Å². The zero-order chi connectivity index (χ0) is 22.9. The van der Waals surface area contributed by atoms with Gasteiger partial charge < -0.3 is 28.8 Å². The average Bonchev–Trinajstić information content (AvgIpc) is 3.06. The van der Waals surface area contributed by atoms with Crippen LogP contribution in [-0.4, -0.2) is 62.7 Å². The lowest BCUT2D eigenvalue weighted by molar-refractivity contribution is -0.195. The quantitative estimate of drug-likeness (QED) is 0.356. The molecule has 2 fully saturated rings. The monoisotopic (exact) mass is 430 g/mol. The highest BCUT2D eigenvalue weighted by Crippen LogP contribution is 2.39. The summed E-state index contributed by atoms with van der Waals surface area (Å²) < 4.78 is 21.3. The normalized spacial score (nSPS) is 27.4. The molecule has 1 heterocycles. The zero-order valence-electron chi connectivity index (χ0n) is 18.7. The lowest BCUT2D eigenvalue weighted by Crippen LogP contribution is -2.32. The summed E-state index contributed by atoms with van der Waals surface area (Å²) in [6.45, 7) is 7.76. The molecule has 30 heavy (non-hydrogen) atoms. The molecule has 8 heteroatoms. The maximum Gasteiger partial charge on any atom is 0.305 e. The van der Waals surface area contributed by atoms with Crippen molar-refractivity contribution in [3.63, 3.8) is 0 Å². The molecular weight excluding hydrogens is 392 g/mol. The van der Waals surface area contributed by atoms with Gasteiger partial charge in [-0.25, -0.2) is 0 Å². The molecule has 5 atom stereocenters. The van der Waals surface area contributed by atoms with Gasteiger partial charge in [0.25, 0.3) is 0 Å². The van der Waals surface area contributed by atoms with Gasteiger partial charge in [-0.1, -0.05) is 13.0 Å². The van der Waals surface area contributed by atoms with Crippen LogP contribution in [0, 0.1) is 11.8 Å². The van der Waals surface area contributed by atoms with Crippen molar-refractivity contribution in [3.8, 4) is 0 Å². The molecule has 1 aliphatic carbocycles. The van der Waals surface area contributed by atoms with Crippen molar-refractivity contribution < 1.29 is 38.4 Å². The number of rotatable bonds is 8. The Morgan fingerprint density at radius 3 is 2.37 bits per heavy atom. The number of aliphatic hydroxyl groups excluding tert-OH is 1. The molecule has 0 amide bonds. The van der Waals surface area contributed by atoms with Gasteiger partial charge in [0.1, 0.15) is 12.4 Å². The number of ether oxygens (including phenoxy) is 4. The van der Waals surface area contributed by atoms with Gasteiger partial charge in [0.15, 0.2) is 6.29 Å². The molecule has 0 spiro atoms. The predicted molar refractivity (Wildman–Crippen MR) is 112 cm³/mol. The number of methoxy groups -OCH3 is 1. The van der Waals surface area contributed by atoms with E-state index >= 15 is 0 Å². The third-order valence-corrected chi connectivity index (χ3v) is 4.93. The standard InChI is InChI=1S/C16H24O5.C5H10O2.CH4O/c1-3-6-12-13(10-17)15(9-14(12)20-11(2)18)21-16-7-4-5-8-19-16;1-3-4-5(6)7-2;1-2/h3,10,12-16H,1,4-9H2,2H3;3-4H2,1-2H3;2H,1H3/t12-,13-,14+,15-,16?;;/m1../s1. The number of esters is 2. The smallest absolute Gasteiger partial charge is 0.305 e. The van der Waals surface area contributed by atoms with Gasteiger partial charge in [0.05, 0.1) is 13.2 Å². The van der Waals surface area contributed by atoms with Crippen LogP contribution in [0.2, 0.25) is 0 Å². The van der Waals surface area contributed by atoms with Gasteiger partial charge in [-0.15, -0.1) is 6.58 Å². The first-order valence-corrected chi connectivity index (χ1v) is 10.5. The first-order chi connectivity index (χ1) is 14.5. The molecule has 0 aromatic rings. The molecule has 0 aromatic carbocycles. The molecule has 1 unspecified atom stereocenters. The Labute approximate surface area is 179 Å². The van der Waals surface area contributed by atoms with Crippen molar-refractivity contribution in [1.82, 2.24) is 0 Å². The first-order valence-electron chi connectivity index (χ1n) is 10.5. The summed E-state index contributed by atoms with van der Waals surface area (Å²) in [5.74, 6) is -0.786. The fraction of sp³-hybridized carbons (Fsp3) is 0.773. The minimum atomic E-state index is -0.326. The third-order valence-electron chi connectivity index (χ3n) is 4.93. The van der Waals surface area contributed by atoms with Gasteiger partial charge in [-0.05, 0) is 32.1 Å². The van der Waals surface area contributed by atoms with Crippen molar-refractivity contribution in [3.05, 3.63) is 12.7 Å². The van der Waals surface area contributed by atoms with E-state index in [1.54, 1.807) is 6.08 Å². The van der Waals surface area contributed by atoms with E-state index in [1.807, 2.05) is 6.92 Å². The first kappa shape index (κ1) is 28.2. The van der Waals surface area contributed by atoms with Crippen molar-refractivity contribution in [2.45, 2.75) is 77.3 Å². The lowest BCUT2D eigenvalue weighted by atomic mass is 9.92. The molecule has 8 nitrogen and oxygen atoms in total. The summed E-state index contributed by atoms with van der Waals surface area (Å²) in [6, 6.07) is 0. The van der Waals surface area contributed by atoms with E-state index < -0.39 is 0 Å². The zero-order valence-corrected chi connectivity index (χ0v) is 18.7. The van der Waals surface area contributed by atoms with Crippen LogP contribution in [0.4, 0.5) is 0 Å². The maximum absolute atomic E-state index is 11.5. The van der Waals surface area contributed by atoms with E-state index in [0.29, 0.717) is 25.9 Å². The summed E-state index contributed by atoms with van der Waals surface area (Å²) in [5, 5.41) is 7.00. The Morgan fingerprint density at radius 2 is 1.93 bits per heavy atom.